The number of amides is 3. The number of carbonyl (C=O) groups is 3. The highest BCUT2D eigenvalue weighted by atomic mass is 79.9. The zero-order valence-electron chi connectivity index (χ0n) is 20.7. The van der Waals surface area contributed by atoms with Crippen LogP contribution in [-0.2, 0) is 14.4 Å². The maximum atomic E-state index is 13.8. The molecule has 3 amide bonds. The molecule has 1 spiro atoms. The van der Waals surface area contributed by atoms with Gasteiger partial charge in [-0.3, -0.25) is 14.4 Å². The van der Waals surface area contributed by atoms with E-state index in [-0.39, 0.29) is 39.8 Å². The first-order valence-corrected chi connectivity index (χ1v) is 13.9. The lowest BCUT2D eigenvalue weighted by atomic mass is 9.70. The lowest BCUT2D eigenvalue weighted by Gasteiger charge is -2.39. The van der Waals surface area contributed by atoms with Gasteiger partial charge >= 0.3 is 0 Å². The Kier molecular flexibility index (Phi) is 7.87. The number of thioether (sulfide) groups is 1. The molecule has 3 saturated heterocycles. The van der Waals surface area contributed by atoms with Crippen LogP contribution in [0, 0.1) is 17.3 Å². The normalized spacial score (nSPS) is 33.4. The molecule has 3 N–H and O–H groups in total. The minimum absolute atomic E-state index is 0.0314. The number of aliphatic hydroxyl groups is 1. The van der Waals surface area contributed by atoms with Crippen molar-refractivity contribution in [3.8, 4) is 0 Å². The van der Waals surface area contributed by atoms with Crippen LogP contribution in [0.4, 0.5) is 0 Å². The summed E-state index contributed by atoms with van der Waals surface area (Å²) >= 11 is 5.42. The van der Waals surface area contributed by atoms with E-state index in [9.17, 15) is 19.5 Å². The molecule has 7 nitrogen and oxygen atoms in total. The molecule has 2 bridgehead atoms. The fraction of sp³-hybridized carbons (Fsp3) is 0.875. The number of fused-ring (bicyclic) bond motifs is 1. The number of carbonyl (C=O) groups excluding carboxylic acids is 3. The summed E-state index contributed by atoms with van der Waals surface area (Å²) in [4.78, 5) is 42.5. The highest BCUT2D eigenvalue weighted by Gasteiger charge is 2.75. The van der Waals surface area contributed by atoms with E-state index < -0.39 is 28.2 Å². The van der Waals surface area contributed by atoms with Crippen LogP contribution in [0.2, 0.25) is 0 Å². The number of rotatable bonds is 9. The highest BCUT2D eigenvalue weighted by Crippen LogP contribution is 2.67. The zero-order valence-corrected chi connectivity index (χ0v) is 23.1. The minimum Gasteiger partial charge on any atom is -0.396 e. The molecule has 9 heteroatoms. The Morgan fingerprint density at radius 3 is 2.48 bits per heavy atom. The van der Waals surface area contributed by atoms with Gasteiger partial charge in [0.2, 0.25) is 17.7 Å². The Bertz CT molecular complexity index is 786. The van der Waals surface area contributed by atoms with Gasteiger partial charge in [-0.2, -0.15) is 0 Å². The molecule has 3 aliphatic rings. The van der Waals surface area contributed by atoms with Crippen molar-refractivity contribution in [1.82, 2.24) is 15.5 Å². The fourth-order valence-corrected chi connectivity index (χ4v) is 9.96. The second-order valence-electron chi connectivity index (χ2n) is 11.7. The van der Waals surface area contributed by atoms with Gasteiger partial charge in [-0.05, 0) is 44.9 Å². The molecule has 0 aliphatic carbocycles. The molecule has 0 aromatic carbocycles. The number of hydrogen-bond donors (Lipinski definition) is 3. The molecule has 6 atom stereocenters. The molecule has 33 heavy (non-hydrogen) atoms. The Hall–Kier alpha value is -0.800. The van der Waals surface area contributed by atoms with Crippen molar-refractivity contribution >= 4 is 45.4 Å². The van der Waals surface area contributed by atoms with Gasteiger partial charge in [0.25, 0.3) is 0 Å². The van der Waals surface area contributed by atoms with Crippen molar-refractivity contribution in [2.75, 3.05) is 19.7 Å². The topological polar surface area (TPSA) is 98.7 Å². The summed E-state index contributed by atoms with van der Waals surface area (Å²) in [6.07, 6.45) is 2.69. The maximum absolute atomic E-state index is 13.8. The SMILES string of the molecule is CCCNC(=O)[C@H]1[C@@H]2SC3(CC2Br)C(C(=O)NC(C)(C)CC(C)(C)C)N(CCCO)C(=O)[C@H]13. The third-order valence-electron chi connectivity index (χ3n) is 6.88. The summed E-state index contributed by atoms with van der Waals surface area (Å²) < 4.78 is -0.637. The average molecular weight is 547 g/mol. The van der Waals surface area contributed by atoms with Crippen LogP contribution in [0.15, 0.2) is 0 Å². The number of nitrogens with one attached hydrogen (secondary N) is 2. The van der Waals surface area contributed by atoms with Gasteiger partial charge in [0.15, 0.2) is 0 Å². The number of halogens is 1. The second-order valence-corrected chi connectivity index (χ2v) is 14.4. The van der Waals surface area contributed by atoms with Gasteiger partial charge in [0, 0.05) is 35.3 Å². The molecule has 0 aromatic heterocycles. The number of likely N-dealkylation sites (tertiary alicyclic amines) is 1. The van der Waals surface area contributed by atoms with Crippen LogP contribution in [-0.4, -0.2) is 73.8 Å². The molecule has 3 rings (SSSR count). The quantitative estimate of drug-likeness (QED) is 0.387. The average Bonchev–Trinajstić information content (AvgIpc) is 3.25. The molecule has 0 saturated carbocycles. The van der Waals surface area contributed by atoms with E-state index in [0.29, 0.717) is 25.9 Å². The Morgan fingerprint density at radius 1 is 1.24 bits per heavy atom. The summed E-state index contributed by atoms with van der Waals surface area (Å²) in [6, 6.07) is -0.653. The summed E-state index contributed by atoms with van der Waals surface area (Å²) in [6.45, 7) is 13.3. The van der Waals surface area contributed by atoms with Crippen molar-refractivity contribution in [2.24, 2.45) is 17.3 Å². The smallest absolute Gasteiger partial charge is 0.244 e. The monoisotopic (exact) mass is 545 g/mol. The van der Waals surface area contributed by atoms with Gasteiger partial charge in [-0.15, -0.1) is 11.8 Å². The summed E-state index contributed by atoms with van der Waals surface area (Å²) in [5, 5.41) is 15.6. The molecule has 3 aliphatic heterocycles. The Balaban J connectivity index is 1.96. The van der Waals surface area contributed by atoms with Crippen LogP contribution in [0.25, 0.3) is 0 Å². The van der Waals surface area contributed by atoms with Crippen LogP contribution in [0.5, 0.6) is 0 Å². The summed E-state index contributed by atoms with van der Waals surface area (Å²) in [5.74, 6) is -1.33. The molecule has 3 unspecified atom stereocenters. The van der Waals surface area contributed by atoms with Crippen LogP contribution < -0.4 is 10.6 Å². The summed E-state index contributed by atoms with van der Waals surface area (Å²) in [5.41, 5.74) is -0.410. The summed E-state index contributed by atoms with van der Waals surface area (Å²) in [7, 11) is 0. The Labute approximate surface area is 210 Å². The molecular weight excluding hydrogens is 506 g/mol. The van der Waals surface area contributed by atoms with Crippen molar-refractivity contribution in [3.05, 3.63) is 0 Å². The third kappa shape index (κ3) is 5.10. The van der Waals surface area contributed by atoms with Gasteiger partial charge in [0.1, 0.15) is 6.04 Å². The largest absolute Gasteiger partial charge is 0.396 e. The molecule has 0 aromatic rings. The van der Waals surface area contributed by atoms with E-state index >= 15 is 0 Å². The molecular formula is C24H40BrN3O4S. The van der Waals surface area contributed by atoms with Gasteiger partial charge in [-0.1, -0.05) is 43.6 Å². The van der Waals surface area contributed by atoms with E-state index in [1.165, 1.54) is 0 Å². The van der Waals surface area contributed by atoms with E-state index in [2.05, 4.69) is 47.3 Å². The minimum atomic E-state index is -0.653. The van der Waals surface area contributed by atoms with Crippen LogP contribution in [0.1, 0.15) is 67.2 Å². The van der Waals surface area contributed by atoms with Gasteiger partial charge < -0.3 is 20.6 Å². The second kappa shape index (κ2) is 9.69. The van der Waals surface area contributed by atoms with Gasteiger partial charge in [0.05, 0.1) is 16.6 Å². The highest BCUT2D eigenvalue weighted by molar-refractivity contribution is 9.09. The van der Waals surface area contributed by atoms with E-state index in [0.717, 1.165) is 12.8 Å². The maximum Gasteiger partial charge on any atom is 0.244 e. The first-order chi connectivity index (χ1) is 15.3. The Morgan fingerprint density at radius 2 is 1.91 bits per heavy atom. The number of hydrogen-bond acceptors (Lipinski definition) is 5. The third-order valence-corrected chi connectivity index (χ3v) is 10.1. The van der Waals surface area contributed by atoms with Crippen molar-refractivity contribution in [1.29, 1.82) is 0 Å². The molecule has 0 radical (unpaired) electrons. The number of alkyl halides is 1. The zero-order chi connectivity index (χ0) is 24.8. The molecule has 3 heterocycles. The first-order valence-electron chi connectivity index (χ1n) is 12.1. The lowest BCUT2D eigenvalue weighted by molar-refractivity contribution is -0.140. The van der Waals surface area contributed by atoms with Crippen LogP contribution >= 0.6 is 27.7 Å². The molecule has 3 fully saturated rings. The van der Waals surface area contributed by atoms with E-state index in [4.69, 9.17) is 0 Å². The predicted molar refractivity (Wildman–Crippen MR) is 135 cm³/mol. The molecule has 188 valence electrons. The standard InChI is InChI=1S/C24H40BrN3O4S/c1-7-9-26-19(30)15-16-21(32)28(10-8-11-29)18(24(16)12-14(25)17(15)33-24)20(31)27-23(5,6)13-22(2,3)4/h14-18,29H,7-13H2,1-6H3,(H,26,30)(H,27,31)/t14?,15-,16+,17-,18?,24?/m1/s1. The fourth-order valence-electron chi connectivity index (χ4n) is 6.35. The first kappa shape index (κ1) is 26.8. The number of aliphatic hydroxyl groups excluding tert-OH is 1. The van der Waals surface area contributed by atoms with Crippen molar-refractivity contribution in [2.45, 2.75) is 93.6 Å². The predicted octanol–water partition coefficient (Wildman–Crippen LogP) is 2.69. The van der Waals surface area contributed by atoms with Gasteiger partial charge in [-0.25, -0.2) is 0 Å². The van der Waals surface area contributed by atoms with E-state index in [1.54, 1.807) is 16.7 Å². The van der Waals surface area contributed by atoms with Crippen molar-refractivity contribution in [3.63, 3.8) is 0 Å². The number of nitrogens with zero attached hydrogens (tertiary/aromatic N) is 1. The van der Waals surface area contributed by atoms with E-state index in [1.807, 2.05) is 20.8 Å². The lowest BCUT2D eigenvalue weighted by Crippen LogP contribution is -2.58. The van der Waals surface area contributed by atoms with Crippen molar-refractivity contribution < 1.29 is 19.5 Å². The van der Waals surface area contributed by atoms with Crippen LogP contribution in [0.3, 0.4) is 0 Å².